The number of anilines is 1. The van der Waals surface area contributed by atoms with E-state index in [0.29, 0.717) is 12.5 Å². The van der Waals surface area contributed by atoms with Crippen LogP contribution in [0.2, 0.25) is 0 Å². The molecule has 0 aliphatic rings. The van der Waals surface area contributed by atoms with Gasteiger partial charge in [0.2, 0.25) is 15.9 Å². The van der Waals surface area contributed by atoms with E-state index in [1.807, 2.05) is 13.8 Å². The summed E-state index contributed by atoms with van der Waals surface area (Å²) in [4.78, 5) is 11.7. The lowest BCUT2D eigenvalue weighted by Gasteiger charge is -2.09. The van der Waals surface area contributed by atoms with Crippen LogP contribution in [0, 0.1) is 5.92 Å². The number of sulfonamides is 1. The Kier molecular flexibility index (Phi) is 6.64. The van der Waals surface area contributed by atoms with Crippen LogP contribution in [0.4, 0.5) is 5.69 Å². The maximum absolute atomic E-state index is 12.0. The quantitative estimate of drug-likeness (QED) is 0.672. The van der Waals surface area contributed by atoms with Gasteiger partial charge in [0.15, 0.2) is 0 Å². The van der Waals surface area contributed by atoms with Crippen LogP contribution in [-0.2, 0) is 14.8 Å². The summed E-state index contributed by atoms with van der Waals surface area (Å²) in [6.45, 7) is 4.67. The van der Waals surface area contributed by atoms with Gasteiger partial charge >= 0.3 is 0 Å². The van der Waals surface area contributed by atoms with Crippen molar-refractivity contribution in [3.63, 3.8) is 0 Å². The summed E-state index contributed by atoms with van der Waals surface area (Å²) in [6.07, 6.45) is 0.126. The van der Waals surface area contributed by atoms with Crippen molar-refractivity contribution in [1.29, 1.82) is 0 Å². The summed E-state index contributed by atoms with van der Waals surface area (Å²) in [5, 5.41) is 5.66. The first kappa shape index (κ1) is 17.5. The highest BCUT2D eigenvalue weighted by atomic mass is 32.2. The average Bonchev–Trinajstić information content (AvgIpc) is 2.45. The molecule has 6 nitrogen and oxygen atoms in total. The second-order valence-corrected chi connectivity index (χ2v) is 6.89. The Labute approximate surface area is 126 Å². The third-order valence-corrected chi connectivity index (χ3v) is 4.28. The molecule has 1 aromatic carbocycles. The van der Waals surface area contributed by atoms with E-state index in [1.54, 1.807) is 19.2 Å². The molecule has 0 saturated carbocycles. The van der Waals surface area contributed by atoms with Crippen LogP contribution in [0.5, 0.6) is 0 Å². The van der Waals surface area contributed by atoms with Crippen LogP contribution in [0.3, 0.4) is 0 Å². The summed E-state index contributed by atoms with van der Waals surface area (Å²) in [7, 11) is -1.81. The van der Waals surface area contributed by atoms with Crippen molar-refractivity contribution >= 4 is 21.6 Å². The fourth-order valence-corrected chi connectivity index (χ4v) is 2.62. The molecule has 7 heteroatoms. The molecule has 1 amide bonds. The molecule has 0 aliphatic carbocycles. The number of carbonyl (C=O) groups is 1. The highest BCUT2D eigenvalue weighted by molar-refractivity contribution is 7.89. The van der Waals surface area contributed by atoms with Gasteiger partial charge in [0.1, 0.15) is 0 Å². The van der Waals surface area contributed by atoms with Crippen molar-refractivity contribution in [3.05, 3.63) is 24.3 Å². The lowest BCUT2D eigenvalue weighted by Crippen LogP contribution is -2.32. The largest absolute Gasteiger partial charge is 0.388 e. The third kappa shape index (κ3) is 6.14. The Balaban J connectivity index is 2.47. The Morgan fingerprint density at radius 3 is 2.33 bits per heavy atom. The van der Waals surface area contributed by atoms with Crippen LogP contribution in [-0.4, -0.2) is 34.5 Å². The van der Waals surface area contributed by atoms with Crippen molar-refractivity contribution < 1.29 is 13.2 Å². The fraction of sp³-hybridized carbons (Fsp3) is 0.500. The third-order valence-electron chi connectivity index (χ3n) is 2.80. The molecule has 1 rings (SSSR count). The zero-order chi connectivity index (χ0) is 15.9. The van der Waals surface area contributed by atoms with Crippen molar-refractivity contribution in [2.45, 2.75) is 25.2 Å². The van der Waals surface area contributed by atoms with Gasteiger partial charge in [-0.3, -0.25) is 4.79 Å². The predicted octanol–water partition coefficient (Wildman–Crippen LogP) is 1.17. The van der Waals surface area contributed by atoms with Crippen molar-refractivity contribution in [2.75, 3.05) is 25.5 Å². The molecule has 1 aromatic rings. The summed E-state index contributed by atoms with van der Waals surface area (Å²) < 4.78 is 26.5. The minimum absolute atomic E-state index is 0.0834. The molecule has 0 atom stereocenters. The molecule has 21 heavy (non-hydrogen) atoms. The molecule has 0 spiro atoms. The lowest BCUT2D eigenvalue weighted by molar-refractivity contribution is -0.121. The van der Waals surface area contributed by atoms with Crippen LogP contribution < -0.4 is 15.4 Å². The molecule has 0 fully saturated rings. The molecule has 0 saturated heterocycles. The topological polar surface area (TPSA) is 87.3 Å². The molecule has 0 aliphatic heterocycles. The van der Waals surface area contributed by atoms with E-state index >= 15 is 0 Å². The first-order chi connectivity index (χ1) is 9.85. The van der Waals surface area contributed by atoms with E-state index < -0.39 is 10.0 Å². The summed E-state index contributed by atoms with van der Waals surface area (Å²) in [6, 6.07) is 6.41. The second kappa shape index (κ2) is 7.99. The van der Waals surface area contributed by atoms with Crippen LogP contribution in [0.25, 0.3) is 0 Å². The summed E-state index contributed by atoms with van der Waals surface area (Å²) in [5.41, 5.74) is 0.835. The maximum atomic E-state index is 12.0. The lowest BCUT2D eigenvalue weighted by atomic mass is 10.2. The number of rotatable bonds is 8. The van der Waals surface area contributed by atoms with Crippen molar-refractivity contribution in [2.24, 2.45) is 5.92 Å². The zero-order valence-corrected chi connectivity index (χ0v) is 13.5. The smallest absolute Gasteiger partial charge is 0.240 e. The number of amides is 1. The van der Waals surface area contributed by atoms with E-state index in [0.717, 1.165) is 5.69 Å². The van der Waals surface area contributed by atoms with Gasteiger partial charge in [0.05, 0.1) is 4.90 Å². The molecular weight excluding hydrogens is 290 g/mol. The highest BCUT2D eigenvalue weighted by Gasteiger charge is 2.13. The molecule has 0 radical (unpaired) electrons. The molecule has 0 bridgehead atoms. The second-order valence-electron chi connectivity index (χ2n) is 5.12. The standard InChI is InChI=1S/C14H23N3O3S/c1-11(2)10-16-14(18)8-9-17-21(19,20)13-6-4-12(15-3)5-7-13/h4-7,11,15,17H,8-10H2,1-3H3,(H,16,18). The van der Waals surface area contributed by atoms with Gasteiger partial charge in [0, 0.05) is 32.2 Å². The number of benzene rings is 1. The van der Waals surface area contributed by atoms with Crippen LogP contribution in [0.1, 0.15) is 20.3 Å². The first-order valence-corrected chi connectivity index (χ1v) is 8.37. The number of hydrogen-bond acceptors (Lipinski definition) is 4. The van der Waals surface area contributed by atoms with E-state index in [9.17, 15) is 13.2 Å². The van der Waals surface area contributed by atoms with Gasteiger partial charge in [-0.2, -0.15) is 0 Å². The molecule has 0 unspecified atom stereocenters. The van der Waals surface area contributed by atoms with Gasteiger partial charge in [0.25, 0.3) is 0 Å². The highest BCUT2D eigenvalue weighted by Crippen LogP contribution is 2.13. The molecule has 118 valence electrons. The van der Waals surface area contributed by atoms with Gasteiger partial charge in [-0.1, -0.05) is 13.8 Å². The maximum Gasteiger partial charge on any atom is 0.240 e. The normalized spacial score (nSPS) is 11.4. The number of hydrogen-bond donors (Lipinski definition) is 3. The van der Waals surface area contributed by atoms with Gasteiger partial charge in [-0.15, -0.1) is 0 Å². The van der Waals surface area contributed by atoms with Gasteiger partial charge in [-0.05, 0) is 30.2 Å². The SMILES string of the molecule is CNc1ccc(S(=O)(=O)NCCC(=O)NCC(C)C)cc1. The van der Waals surface area contributed by atoms with Crippen molar-refractivity contribution in [3.8, 4) is 0 Å². The summed E-state index contributed by atoms with van der Waals surface area (Å²) in [5.74, 6) is 0.216. The van der Waals surface area contributed by atoms with Gasteiger partial charge < -0.3 is 10.6 Å². The minimum Gasteiger partial charge on any atom is -0.388 e. The van der Waals surface area contributed by atoms with Crippen LogP contribution in [0.15, 0.2) is 29.2 Å². The number of nitrogens with one attached hydrogen (secondary N) is 3. The average molecular weight is 313 g/mol. The van der Waals surface area contributed by atoms with E-state index in [-0.39, 0.29) is 23.8 Å². The van der Waals surface area contributed by atoms with E-state index in [2.05, 4.69) is 15.4 Å². The van der Waals surface area contributed by atoms with Gasteiger partial charge in [-0.25, -0.2) is 13.1 Å². The fourth-order valence-electron chi connectivity index (χ4n) is 1.59. The molecular formula is C14H23N3O3S. The molecule has 0 aromatic heterocycles. The summed E-state index contributed by atoms with van der Waals surface area (Å²) >= 11 is 0. The monoisotopic (exact) mass is 313 g/mol. The Morgan fingerprint density at radius 1 is 1.19 bits per heavy atom. The molecule has 0 heterocycles. The minimum atomic E-state index is -3.57. The Morgan fingerprint density at radius 2 is 1.81 bits per heavy atom. The van der Waals surface area contributed by atoms with E-state index in [4.69, 9.17) is 0 Å². The first-order valence-electron chi connectivity index (χ1n) is 6.89. The Hall–Kier alpha value is -1.60. The van der Waals surface area contributed by atoms with E-state index in [1.165, 1.54) is 12.1 Å². The molecule has 3 N–H and O–H groups in total. The predicted molar refractivity (Wildman–Crippen MR) is 83.6 cm³/mol. The number of carbonyl (C=O) groups excluding carboxylic acids is 1. The van der Waals surface area contributed by atoms with Crippen LogP contribution >= 0.6 is 0 Å². The van der Waals surface area contributed by atoms with Crippen molar-refractivity contribution in [1.82, 2.24) is 10.0 Å². The zero-order valence-electron chi connectivity index (χ0n) is 12.6. The Bertz CT molecular complexity index is 553.